The number of carboxylic acids is 1. The van der Waals surface area contributed by atoms with Crippen molar-refractivity contribution in [3.05, 3.63) is 58.8 Å². The summed E-state index contributed by atoms with van der Waals surface area (Å²) in [5, 5.41) is 8.89. The number of aryl methyl sites for hydroxylation is 1. The SMILES string of the molecule is Cc1ccc(CN(C)Cc2ccc(F)c(C(=O)O)c2)o1. The fraction of sp³-hybridized carbons (Fsp3) is 0.267. The number of halogens is 1. The summed E-state index contributed by atoms with van der Waals surface area (Å²) in [5.74, 6) is -0.284. The molecule has 20 heavy (non-hydrogen) atoms. The number of benzene rings is 1. The second-order valence-corrected chi connectivity index (χ2v) is 4.80. The van der Waals surface area contributed by atoms with Gasteiger partial charge in [-0.05, 0) is 43.8 Å². The van der Waals surface area contributed by atoms with Crippen molar-refractivity contribution in [2.45, 2.75) is 20.0 Å². The van der Waals surface area contributed by atoms with Crippen LogP contribution >= 0.6 is 0 Å². The zero-order valence-corrected chi connectivity index (χ0v) is 11.4. The fourth-order valence-corrected chi connectivity index (χ4v) is 2.04. The van der Waals surface area contributed by atoms with E-state index >= 15 is 0 Å². The molecule has 0 saturated carbocycles. The minimum Gasteiger partial charge on any atom is -0.478 e. The van der Waals surface area contributed by atoms with Crippen LogP contribution in [-0.2, 0) is 13.1 Å². The van der Waals surface area contributed by atoms with Crippen LogP contribution in [0.25, 0.3) is 0 Å². The molecule has 1 N–H and O–H groups in total. The summed E-state index contributed by atoms with van der Waals surface area (Å²) in [4.78, 5) is 12.9. The summed E-state index contributed by atoms with van der Waals surface area (Å²) in [6, 6.07) is 7.93. The summed E-state index contributed by atoms with van der Waals surface area (Å²) in [5.41, 5.74) is 0.444. The number of rotatable bonds is 5. The van der Waals surface area contributed by atoms with E-state index in [2.05, 4.69) is 0 Å². The van der Waals surface area contributed by atoms with Crippen LogP contribution in [0.1, 0.15) is 27.4 Å². The topological polar surface area (TPSA) is 53.7 Å². The predicted octanol–water partition coefficient (Wildman–Crippen LogP) is 3.06. The van der Waals surface area contributed by atoms with E-state index in [0.29, 0.717) is 13.1 Å². The first-order valence-electron chi connectivity index (χ1n) is 6.21. The highest BCUT2D eigenvalue weighted by molar-refractivity contribution is 5.88. The average Bonchev–Trinajstić information content (AvgIpc) is 2.76. The average molecular weight is 277 g/mol. The van der Waals surface area contributed by atoms with Crippen LogP contribution in [0.2, 0.25) is 0 Å². The summed E-state index contributed by atoms with van der Waals surface area (Å²) in [6.07, 6.45) is 0. The molecule has 0 atom stereocenters. The van der Waals surface area contributed by atoms with Gasteiger partial charge in [0.15, 0.2) is 0 Å². The Morgan fingerprint density at radius 2 is 2.05 bits per heavy atom. The molecule has 0 bridgehead atoms. The van der Waals surface area contributed by atoms with Crippen LogP contribution in [0.15, 0.2) is 34.7 Å². The van der Waals surface area contributed by atoms with Gasteiger partial charge in [0.2, 0.25) is 0 Å². The minimum atomic E-state index is -1.26. The smallest absolute Gasteiger partial charge is 0.338 e. The van der Waals surface area contributed by atoms with E-state index in [1.54, 1.807) is 6.07 Å². The maximum atomic E-state index is 13.3. The van der Waals surface area contributed by atoms with Crippen molar-refractivity contribution >= 4 is 5.97 Å². The van der Waals surface area contributed by atoms with Crippen LogP contribution < -0.4 is 0 Å². The van der Waals surface area contributed by atoms with Crippen LogP contribution in [0.5, 0.6) is 0 Å². The minimum absolute atomic E-state index is 0.301. The highest BCUT2D eigenvalue weighted by atomic mass is 19.1. The van der Waals surface area contributed by atoms with Crippen LogP contribution in [-0.4, -0.2) is 23.0 Å². The Hall–Kier alpha value is -2.14. The Bertz CT molecular complexity index is 621. The van der Waals surface area contributed by atoms with Gasteiger partial charge >= 0.3 is 5.97 Å². The lowest BCUT2D eigenvalue weighted by atomic mass is 10.1. The quantitative estimate of drug-likeness (QED) is 0.912. The first kappa shape index (κ1) is 14.3. The lowest BCUT2D eigenvalue weighted by molar-refractivity contribution is 0.0691. The van der Waals surface area contributed by atoms with Crippen molar-refractivity contribution in [1.29, 1.82) is 0 Å². The lowest BCUT2D eigenvalue weighted by Gasteiger charge is -2.15. The molecule has 0 radical (unpaired) electrons. The molecule has 0 aliphatic carbocycles. The van der Waals surface area contributed by atoms with Gasteiger partial charge in [-0.25, -0.2) is 9.18 Å². The molecule has 106 valence electrons. The molecule has 0 aliphatic heterocycles. The largest absolute Gasteiger partial charge is 0.478 e. The molecule has 0 unspecified atom stereocenters. The van der Waals surface area contributed by atoms with Crippen LogP contribution in [0.4, 0.5) is 4.39 Å². The zero-order valence-electron chi connectivity index (χ0n) is 11.4. The molecule has 2 aromatic rings. The van der Waals surface area contributed by atoms with Gasteiger partial charge in [0.05, 0.1) is 12.1 Å². The normalized spacial score (nSPS) is 11.0. The molecule has 1 aromatic heterocycles. The molecule has 0 spiro atoms. The lowest BCUT2D eigenvalue weighted by Crippen LogP contribution is -2.17. The van der Waals surface area contributed by atoms with E-state index in [9.17, 15) is 9.18 Å². The number of carboxylic acid groups (broad SMARTS) is 1. The van der Waals surface area contributed by atoms with Gasteiger partial charge in [0, 0.05) is 6.54 Å². The maximum absolute atomic E-state index is 13.3. The number of nitrogens with zero attached hydrogens (tertiary/aromatic N) is 1. The molecule has 5 heteroatoms. The van der Waals surface area contributed by atoms with Gasteiger partial charge in [-0.3, -0.25) is 4.90 Å². The van der Waals surface area contributed by atoms with E-state index in [0.717, 1.165) is 17.1 Å². The summed E-state index contributed by atoms with van der Waals surface area (Å²) in [7, 11) is 1.89. The third-order valence-corrected chi connectivity index (χ3v) is 2.94. The standard InChI is InChI=1S/C15H16FNO3/c1-10-3-5-12(20-10)9-17(2)8-11-4-6-14(16)13(7-11)15(18)19/h3-7H,8-9H2,1-2H3,(H,18,19). The molecular formula is C15H16FNO3. The molecular weight excluding hydrogens is 261 g/mol. The third-order valence-electron chi connectivity index (χ3n) is 2.94. The number of carbonyl (C=O) groups is 1. The molecule has 0 fully saturated rings. The maximum Gasteiger partial charge on any atom is 0.338 e. The Balaban J connectivity index is 2.06. The van der Waals surface area contributed by atoms with Gasteiger partial charge in [0.1, 0.15) is 17.3 Å². The van der Waals surface area contributed by atoms with E-state index < -0.39 is 11.8 Å². The molecule has 1 aromatic carbocycles. The van der Waals surface area contributed by atoms with Gasteiger partial charge in [-0.2, -0.15) is 0 Å². The van der Waals surface area contributed by atoms with Crippen LogP contribution in [0.3, 0.4) is 0 Å². The Kier molecular flexibility index (Phi) is 4.20. The molecule has 2 rings (SSSR count). The van der Waals surface area contributed by atoms with Crippen molar-refractivity contribution in [3.8, 4) is 0 Å². The van der Waals surface area contributed by atoms with Crippen molar-refractivity contribution in [1.82, 2.24) is 4.90 Å². The second-order valence-electron chi connectivity index (χ2n) is 4.80. The van der Waals surface area contributed by atoms with Gasteiger partial charge in [-0.15, -0.1) is 0 Å². The molecule has 4 nitrogen and oxygen atoms in total. The van der Waals surface area contributed by atoms with E-state index in [1.165, 1.54) is 12.1 Å². The molecule has 0 aliphatic rings. The summed E-state index contributed by atoms with van der Waals surface area (Å²) in [6.45, 7) is 3.00. The van der Waals surface area contributed by atoms with Crippen molar-refractivity contribution in [3.63, 3.8) is 0 Å². The van der Waals surface area contributed by atoms with E-state index in [4.69, 9.17) is 9.52 Å². The highest BCUT2D eigenvalue weighted by Gasteiger charge is 2.12. The van der Waals surface area contributed by atoms with Crippen molar-refractivity contribution in [2.75, 3.05) is 7.05 Å². The van der Waals surface area contributed by atoms with E-state index in [-0.39, 0.29) is 5.56 Å². The monoisotopic (exact) mass is 277 g/mol. The third kappa shape index (κ3) is 3.45. The number of hydrogen-bond donors (Lipinski definition) is 1. The summed E-state index contributed by atoms with van der Waals surface area (Å²) >= 11 is 0. The summed E-state index contributed by atoms with van der Waals surface area (Å²) < 4.78 is 18.8. The zero-order chi connectivity index (χ0) is 14.7. The Morgan fingerprint density at radius 3 is 2.65 bits per heavy atom. The molecule has 1 heterocycles. The van der Waals surface area contributed by atoms with Crippen molar-refractivity contribution < 1.29 is 18.7 Å². The van der Waals surface area contributed by atoms with Crippen molar-refractivity contribution in [2.24, 2.45) is 0 Å². The number of aromatic carboxylic acids is 1. The van der Waals surface area contributed by atoms with Gasteiger partial charge in [-0.1, -0.05) is 6.07 Å². The Morgan fingerprint density at radius 1 is 1.30 bits per heavy atom. The van der Waals surface area contributed by atoms with Gasteiger partial charge < -0.3 is 9.52 Å². The predicted molar refractivity (Wildman–Crippen MR) is 72.0 cm³/mol. The highest BCUT2D eigenvalue weighted by Crippen LogP contribution is 2.14. The molecule has 0 saturated heterocycles. The van der Waals surface area contributed by atoms with E-state index in [1.807, 2.05) is 31.0 Å². The van der Waals surface area contributed by atoms with Crippen LogP contribution in [0, 0.1) is 12.7 Å². The second kappa shape index (κ2) is 5.88. The number of furan rings is 1. The fourth-order valence-electron chi connectivity index (χ4n) is 2.04. The first-order chi connectivity index (χ1) is 9.45. The van der Waals surface area contributed by atoms with Gasteiger partial charge in [0.25, 0.3) is 0 Å². The molecule has 0 amide bonds. The number of hydrogen-bond acceptors (Lipinski definition) is 3. The first-order valence-corrected chi connectivity index (χ1v) is 6.21. The Labute approximate surface area is 116 Å².